The van der Waals surface area contributed by atoms with E-state index < -0.39 is 11.5 Å². The van der Waals surface area contributed by atoms with Crippen molar-refractivity contribution in [3.63, 3.8) is 0 Å². The molecule has 1 aliphatic rings. The van der Waals surface area contributed by atoms with Crippen molar-refractivity contribution in [3.8, 4) is 0 Å². The van der Waals surface area contributed by atoms with Crippen LogP contribution in [0.1, 0.15) is 44.5 Å². The number of nitrogens with zero attached hydrogens (tertiary/aromatic N) is 1. The maximum atomic E-state index is 11.6. The maximum Gasteiger partial charge on any atom is 0.323 e. The fourth-order valence-electron chi connectivity index (χ4n) is 2.96. The Labute approximate surface area is 112 Å². The lowest BCUT2D eigenvalue weighted by molar-refractivity contribution is -0.150. The summed E-state index contributed by atoms with van der Waals surface area (Å²) in [6.45, 7) is 7.09. The number of carboxylic acid groups (broad SMARTS) is 1. The van der Waals surface area contributed by atoms with E-state index in [-0.39, 0.29) is 6.04 Å². The summed E-state index contributed by atoms with van der Waals surface area (Å²) < 4.78 is 0. The largest absolute Gasteiger partial charge is 0.480 e. The van der Waals surface area contributed by atoms with Crippen molar-refractivity contribution in [2.45, 2.75) is 45.2 Å². The van der Waals surface area contributed by atoms with Gasteiger partial charge in [0.15, 0.2) is 0 Å². The summed E-state index contributed by atoms with van der Waals surface area (Å²) >= 11 is 1.72. The normalized spacial score (nSPS) is 26.7. The van der Waals surface area contributed by atoms with Gasteiger partial charge in [-0.2, -0.15) is 0 Å². The minimum Gasteiger partial charge on any atom is -0.480 e. The highest BCUT2D eigenvalue weighted by atomic mass is 32.1. The third kappa shape index (κ3) is 2.19. The van der Waals surface area contributed by atoms with Crippen LogP contribution in [-0.2, 0) is 4.79 Å². The Morgan fingerprint density at radius 1 is 1.56 bits per heavy atom. The van der Waals surface area contributed by atoms with Crippen molar-refractivity contribution in [3.05, 3.63) is 22.4 Å². The van der Waals surface area contributed by atoms with Crippen LogP contribution in [0.5, 0.6) is 0 Å². The van der Waals surface area contributed by atoms with Crippen LogP contribution in [0.25, 0.3) is 0 Å². The monoisotopic (exact) mass is 267 g/mol. The van der Waals surface area contributed by atoms with E-state index >= 15 is 0 Å². The molecule has 0 saturated carbocycles. The highest BCUT2D eigenvalue weighted by molar-refractivity contribution is 7.10. The third-order valence-corrected chi connectivity index (χ3v) is 4.90. The number of carboxylic acids is 1. The van der Waals surface area contributed by atoms with Gasteiger partial charge in [0.05, 0.1) is 0 Å². The van der Waals surface area contributed by atoms with Crippen LogP contribution in [0.2, 0.25) is 0 Å². The van der Waals surface area contributed by atoms with Gasteiger partial charge in [-0.3, -0.25) is 9.69 Å². The molecule has 1 aliphatic heterocycles. The number of hydrogen-bond acceptors (Lipinski definition) is 3. The SMILES string of the molecule is CC(C)C(c1cccs1)N1CCCC1(C)C(=O)O. The predicted octanol–water partition coefficient (Wildman–Crippen LogP) is 3.38. The van der Waals surface area contributed by atoms with Gasteiger partial charge in [-0.05, 0) is 43.7 Å². The van der Waals surface area contributed by atoms with Gasteiger partial charge in [0.2, 0.25) is 0 Å². The number of likely N-dealkylation sites (tertiary alicyclic amines) is 1. The van der Waals surface area contributed by atoms with Gasteiger partial charge in [-0.25, -0.2) is 0 Å². The molecule has 0 bridgehead atoms. The Hall–Kier alpha value is -0.870. The molecule has 1 aromatic heterocycles. The lowest BCUT2D eigenvalue weighted by Crippen LogP contribution is -2.50. The molecule has 2 atom stereocenters. The molecule has 1 N–H and O–H groups in total. The summed E-state index contributed by atoms with van der Waals surface area (Å²) in [4.78, 5) is 15.1. The zero-order valence-electron chi connectivity index (χ0n) is 11.2. The minimum atomic E-state index is -0.709. The van der Waals surface area contributed by atoms with Crippen molar-refractivity contribution in [1.29, 1.82) is 0 Å². The quantitative estimate of drug-likeness (QED) is 0.909. The maximum absolute atomic E-state index is 11.6. The average molecular weight is 267 g/mol. The van der Waals surface area contributed by atoms with E-state index in [1.165, 1.54) is 4.88 Å². The van der Waals surface area contributed by atoms with Crippen molar-refractivity contribution in [2.75, 3.05) is 6.54 Å². The van der Waals surface area contributed by atoms with E-state index in [4.69, 9.17) is 0 Å². The van der Waals surface area contributed by atoms with Crippen LogP contribution in [0.4, 0.5) is 0 Å². The molecule has 0 spiro atoms. The second-order valence-corrected chi connectivity index (χ2v) is 6.56. The zero-order chi connectivity index (χ0) is 13.3. The van der Waals surface area contributed by atoms with E-state index in [1.807, 2.05) is 13.0 Å². The highest BCUT2D eigenvalue weighted by Gasteiger charge is 2.47. The lowest BCUT2D eigenvalue weighted by Gasteiger charge is -2.39. The van der Waals surface area contributed by atoms with Crippen molar-refractivity contribution >= 4 is 17.3 Å². The van der Waals surface area contributed by atoms with E-state index in [9.17, 15) is 9.90 Å². The van der Waals surface area contributed by atoms with Crippen molar-refractivity contribution in [2.24, 2.45) is 5.92 Å². The molecule has 2 rings (SSSR count). The summed E-state index contributed by atoms with van der Waals surface area (Å²) in [5, 5.41) is 11.6. The first-order chi connectivity index (χ1) is 8.47. The summed E-state index contributed by atoms with van der Waals surface area (Å²) in [6, 6.07) is 4.38. The van der Waals surface area contributed by atoms with Crippen molar-refractivity contribution in [1.82, 2.24) is 4.90 Å². The molecule has 0 amide bonds. The van der Waals surface area contributed by atoms with E-state index in [1.54, 1.807) is 11.3 Å². The van der Waals surface area contributed by atoms with Crippen molar-refractivity contribution < 1.29 is 9.90 Å². The van der Waals surface area contributed by atoms with Crippen LogP contribution < -0.4 is 0 Å². The van der Waals surface area contributed by atoms with Crippen LogP contribution >= 0.6 is 11.3 Å². The fourth-order valence-corrected chi connectivity index (χ4v) is 3.97. The molecule has 0 aliphatic carbocycles. The summed E-state index contributed by atoms with van der Waals surface area (Å²) in [7, 11) is 0. The first-order valence-corrected chi connectivity index (χ1v) is 7.38. The number of rotatable bonds is 4. The molecular formula is C14H21NO2S. The zero-order valence-corrected chi connectivity index (χ0v) is 12.0. The number of aliphatic carboxylic acids is 1. The second kappa shape index (κ2) is 5.02. The molecule has 1 fully saturated rings. The smallest absolute Gasteiger partial charge is 0.323 e. The Bertz CT molecular complexity index is 415. The Kier molecular flexibility index (Phi) is 3.78. The van der Waals surface area contributed by atoms with Crippen LogP contribution in [-0.4, -0.2) is 28.1 Å². The molecule has 1 saturated heterocycles. The van der Waals surface area contributed by atoms with E-state index in [2.05, 4.69) is 30.2 Å². The fraction of sp³-hybridized carbons (Fsp3) is 0.643. The molecule has 2 heterocycles. The summed E-state index contributed by atoms with van der Waals surface area (Å²) in [6.07, 6.45) is 1.72. The molecule has 2 unspecified atom stereocenters. The van der Waals surface area contributed by atoms with Crippen LogP contribution in [0, 0.1) is 5.92 Å². The van der Waals surface area contributed by atoms with Gasteiger partial charge in [0.1, 0.15) is 5.54 Å². The van der Waals surface area contributed by atoms with Gasteiger partial charge in [-0.1, -0.05) is 19.9 Å². The minimum absolute atomic E-state index is 0.216. The molecule has 100 valence electrons. The number of carbonyl (C=O) groups is 1. The first kappa shape index (κ1) is 13.6. The summed E-state index contributed by atoms with van der Waals surface area (Å²) in [5.74, 6) is -0.275. The Balaban J connectivity index is 2.35. The van der Waals surface area contributed by atoms with Crippen LogP contribution in [0.15, 0.2) is 17.5 Å². The third-order valence-electron chi connectivity index (χ3n) is 3.96. The lowest BCUT2D eigenvalue weighted by atomic mass is 9.93. The Morgan fingerprint density at radius 2 is 2.28 bits per heavy atom. The number of hydrogen-bond donors (Lipinski definition) is 1. The molecule has 3 nitrogen and oxygen atoms in total. The average Bonchev–Trinajstić information content (AvgIpc) is 2.90. The van der Waals surface area contributed by atoms with Crippen LogP contribution in [0.3, 0.4) is 0 Å². The summed E-state index contributed by atoms with van der Waals surface area (Å²) in [5.41, 5.74) is -0.709. The highest BCUT2D eigenvalue weighted by Crippen LogP contribution is 2.41. The van der Waals surface area contributed by atoms with Gasteiger partial charge < -0.3 is 5.11 Å². The molecule has 0 aromatic carbocycles. The molecule has 0 radical (unpaired) electrons. The Morgan fingerprint density at radius 3 is 2.78 bits per heavy atom. The second-order valence-electron chi connectivity index (χ2n) is 5.58. The van der Waals surface area contributed by atoms with Gasteiger partial charge >= 0.3 is 5.97 Å². The predicted molar refractivity (Wildman–Crippen MR) is 73.9 cm³/mol. The molecule has 1 aromatic rings. The van der Waals surface area contributed by atoms with E-state index in [0.717, 1.165) is 19.4 Å². The molecule has 4 heteroatoms. The molecular weight excluding hydrogens is 246 g/mol. The number of thiophene rings is 1. The van der Waals surface area contributed by atoms with E-state index in [0.29, 0.717) is 5.92 Å². The van der Waals surface area contributed by atoms with Gasteiger partial charge in [0, 0.05) is 10.9 Å². The topological polar surface area (TPSA) is 40.5 Å². The van der Waals surface area contributed by atoms with Gasteiger partial charge in [-0.15, -0.1) is 11.3 Å². The first-order valence-electron chi connectivity index (χ1n) is 6.50. The van der Waals surface area contributed by atoms with Gasteiger partial charge in [0.25, 0.3) is 0 Å². The standard InChI is InChI=1S/C14H21NO2S/c1-10(2)12(11-6-4-9-18-11)15-8-5-7-14(15,3)13(16)17/h4,6,9-10,12H,5,7-8H2,1-3H3,(H,16,17). The molecule has 18 heavy (non-hydrogen) atoms.